The summed E-state index contributed by atoms with van der Waals surface area (Å²) in [7, 11) is -3.51. The van der Waals surface area contributed by atoms with Gasteiger partial charge in [0.2, 0.25) is 11.8 Å². The van der Waals surface area contributed by atoms with Crippen LogP contribution in [-0.4, -0.2) is 53.8 Å². The van der Waals surface area contributed by atoms with Crippen LogP contribution in [0.25, 0.3) is 10.9 Å². The molecule has 0 unspecified atom stereocenters. The van der Waals surface area contributed by atoms with Gasteiger partial charge in [0, 0.05) is 24.3 Å². The SMILES string of the molecule is O=C1CS(=O)(=O)C[C@@H](C(=O)N2CCn3c(cc4ccccc43)C2)N1. The number of benzene rings is 1. The first-order valence-electron chi connectivity index (χ1n) is 7.79. The largest absolute Gasteiger partial charge is 0.342 e. The maximum Gasteiger partial charge on any atom is 0.246 e. The van der Waals surface area contributed by atoms with Crippen molar-refractivity contribution in [3.63, 3.8) is 0 Å². The molecule has 2 aliphatic rings. The smallest absolute Gasteiger partial charge is 0.246 e. The second-order valence-electron chi connectivity index (χ2n) is 6.28. The molecule has 1 atom stereocenters. The molecule has 2 amide bonds. The number of nitrogens with one attached hydrogen (secondary N) is 1. The Bertz CT molecular complexity index is 947. The molecule has 126 valence electrons. The molecule has 3 heterocycles. The van der Waals surface area contributed by atoms with Crippen molar-refractivity contribution in [2.75, 3.05) is 18.1 Å². The molecule has 4 rings (SSSR count). The number of amides is 2. The number of carbonyl (C=O) groups excluding carboxylic acids is 2. The van der Waals surface area contributed by atoms with Gasteiger partial charge >= 0.3 is 0 Å². The topological polar surface area (TPSA) is 88.5 Å². The van der Waals surface area contributed by atoms with Crippen LogP contribution in [0.15, 0.2) is 30.3 Å². The zero-order valence-electron chi connectivity index (χ0n) is 12.9. The van der Waals surface area contributed by atoms with Gasteiger partial charge in [0.15, 0.2) is 9.84 Å². The van der Waals surface area contributed by atoms with Crippen molar-refractivity contribution in [1.29, 1.82) is 0 Å². The van der Waals surface area contributed by atoms with E-state index in [4.69, 9.17) is 0 Å². The third-order valence-corrected chi connectivity index (χ3v) is 6.10. The summed E-state index contributed by atoms with van der Waals surface area (Å²) in [6.07, 6.45) is 0. The standard InChI is InChI=1S/C16H17N3O4S/c20-15-10-24(22,23)9-13(17-15)16(21)18-5-6-19-12(8-18)7-11-3-1-2-4-14(11)19/h1-4,7,13H,5-6,8-10H2,(H,17,20)/t13-/m0/s1. The van der Waals surface area contributed by atoms with Crippen LogP contribution in [0.5, 0.6) is 0 Å². The number of hydrogen-bond donors (Lipinski definition) is 1. The number of fused-ring (bicyclic) bond motifs is 3. The minimum absolute atomic E-state index is 0.322. The summed E-state index contributed by atoms with van der Waals surface area (Å²) < 4.78 is 25.7. The quantitative estimate of drug-likeness (QED) is 0.780. The molecule has 24 heavy (non-hydrogen) atoms. The fourth-order valence-corrected chi connectivity index (χ4v) is 4.82. The van der Waals surface area contributed by atoms with E-state index < -0.39 is 27.5 Å². The minimum atomic E-state index is -3.51. The van der Waals surface area contributed by atoms with Gasteiger partial charge in [-0.1, -0.05) is 18.2 Å². The van der Waals surface area contributed by atoms with Crippen molar-refractivity contribution >= 4 is 32.6 Å². The van der Waals surface area contributed by atoms with Gasteiger partial charge in [-0.05, 0) is 17.5 Å². The third-order valence-electron chi connectivity index (χ3n) is 4.56. The first-order valence-corrected chi connectivity index (χ1v) is 9.61. The van der Waals surface area contributed by atoms with E-state index in [2.05, 4.69) is 9.88 Å². The number of rotatable bonds is 1. The Balaban J connectivity index is 1.58. The molecule has 0 bridgehead atoms. The summed E-state index contributed by atoms with van der Waals surface area (Å²) in [6.45, 7) is 1.57. The Kier molecular flexibility index (Phi) is 3.38. The summed E-state index contributed by atoms with van der Waals surface area (Å²) >= 11 is 0. The average Bonchev–Trinajstić information content (AvgIpc) is 2.89. The number of nitrogens with zero attached hydrogens (tertiary/aromatic N) is 2. The molecule has 0 saturated carbocycles. The van der Waals surface area contributed by atoms with Crippen molar-refractivity contribution in [2.45, 2.75) is 19.1 Å². The highest BCUT2D eigenvalue weighted by atomic mass is 32.2. The molecule has 0 aliphatic carbocycles. The molecular weight excluding hydrogens is 330 g/mol. The fourth-order valence-electron chi connectivity index (χ4n) is 3.49. The predicted molar refractivity (Wildman–Crippen MR) is 87.9 cm³/mol. The number of para-hydroxylation sites is 1. The van der Waals surface area contributed by atoms with Gasteiger partial charge in [-0.25, -0.2) is 8.42 Å². The van der Waals surface area contributed by atoms with E-state index in [-0.39, 0.29) is 11.7 Å². The van der Waals surface area contributed by atoms with Gasteiger partial charge in [-0.15, -0.1) is 0 Å². The van der Waals surface area contributed by atoms with Crippen molar-refractivity contribution in [1.82, 2.24) is 14.8 Å². The maximum atomic E-state index is 12.6. The second-order valence-corrected chi connectivity index (χ2v) is 8.39. The Morgan fingerprint density at radius 3 is 2.79 bits per heavy atom. The lowest BCUT2D eigenvalue weighted by molar-refractivity contribution is -0.136. The summed E-state index contributed by atoms with van der Waals surface area (Å²) in [4.78, 5) is 25.8. The molecule has 2 aromatic rings. The fraction of sp³-hybridized carbons (Fsp3) is 0.375. The van der Waals surface area contributed by atoms with Gasteiger partial charge in [0.25, 0.3) is 0 Å². The van der Waals surface area contributed by atoms with Gasteiger partial charge < -0.3 is 14.8 Å². The summed E-state index contributed by atoms with van der Waals surface area (Å²) in [5.41, 5.74) is 2.15. The first kappa shape index (κ1) is 15.2. The predicted octanol–water partition coefficient (Wildman–Crippen LogP) is -0.103. The normalized spacial score (nSPS) is 22.9. The molecule has 8 heteroatoms. The molecule has 1 fully saturated rings. The average molecular weight is 347 g/mol. The van der Waals surface area contributed by atoms with Crippen LogP contribution in [0.2, 0.25) is 0 Å². The summed E-state index contributed by atoms with van der Waals surface area (Å²) in [6, 6.07) is 9.10. The van der Waals surface area contributed by atoms with Crippen molar-refractivity contribution in [3.8, 4) is 0 Å². The van der Waals surface area contributed by atoms with Crippen LogP contribution in [-0.2, 0) is 32.5 Å². The molecule has 0 spiro atoms. The Hall–Kier alpha value is -2.35. The Morgan fingerprint density at radius 2 is 2.00 bits per heavy atom. The number of aromatic nitrogens is 1. The lowest BCUT2D eigenvalue weighted by Crippen LogP contribution is -2.57. The number of sulfone groups is 1. The van der Waals surface area contributed by atoms with Crippen LogP contribution in [0.1, 0.15) is 5.69 Å². The summed E-state index contributed by atoms with van der Waals surface area (Å²) in [5, 5.41) is 3.62. The van der Waals surface area contributed by atoms with E-state index in [1.807, 2.05) is 30.3 Å². The highest BCUT2D eigenvalue weighted by Crippen LogP contribution is 2.24. The lowest BCUT2D eigenvalue weighted by atomic mass is 10.2. The Morgan fingerprint density at radius 1 is 1.21 bits per heavy atom. The monoisotopic (exact) mass is 347 g/mol. The zero-order chi connectivity index (χ0) is 16.9. The number of carbonyl (C=O) groups is 2. The highest BCUT2D eigenvalue weighted by molar-refractivity contribution is 7.92. The molecule has 1 aromatic carbocycles. The molecule has 1 saturated heterocycles. The van der Waals surface area contributed by atoms with Gasteiger partial charge in [-0.3, -0.25) is 9.59 Å². The van der Waals surface area contributed by atoms with Crippen LogP contribution < -0.4 is 5.32 Å². The highest BCUT2D eigenvalue weighted by Gasteiger charge is 2.37. The first-order chi connectivity index (χ1) is 11.4. The second kappa shape index (κ2) is 5.34. The summed E-state index contributed by atoms with van der Waals surface area (Å²) in [5.74, 6) is -1.80. The maximum absolute atomic E-state index is 12.6. The minimum Gasteiger partial charge on any atom is -0.342 e. The van der Waals surface area contributed by atoms with E-state index in [1.165, 1.54) is 0 Å². The molecule has 2 aliphatic heterocycles. The van der Waals surface area contributed by atoms with Crippen molar-refractivity contribution < 1.29 is 18.0 Å². The molecule has 1 N–H and O–H groups in total. The van der Waals surface area contributed by atoms with Crippen LogP contribution >= 0.6 is 0 Å². The van der Waals surface area contributed by atoms with Gasteiger partial charge in [0.05, 0.1) is 12.3 Å². The molecule has 1 aromatic heterocycles. The number of hydrogen-bond acceptors (Lipinski definition) is 4. The van der Waals surface area contributed by atoms with Crippen molar-refractivity contribution in [3.05, 3.63) is 36.0 Å². The molecule has 0 radical (unpaired) electrons. The van der Waals surface area contributed by atoms with E-state index in [0.29, 0.717) is 19.6 Å². The van der Waals surface area contributed by atoms with E-state index >= 15 is 0 Å². The Labute approximate surface area is 139 Å². The zero-order valence-corrected chi connectivity index (χ0v) is 13.8. The van der Waals surface area contributed by atoms with Crippen LogP contribution in [0.3, 0.4) is 0 Å². The van der Waals surface area contributed by atoms with E-state index in [0.717, 1.165) is 16.6 Å². The lowest BCUT2D eigenvalue weighted by Gasteiger charge is -2.33. The van der Waals surface area contributed by atoms with Crippen molar-refractivity contribution in [2.24, 2.45) is 0 Å². The van der Waals surface area contributed by atoms with E-state index in [9.17, 15) is 18.0 Å². The molecular formula is C16H17N3O4S. The van der Waals surface area contributed by atoms with Crippen LogP contribution in [0.4, 0.5) is 0 Å². The van der Waals surface area contributed by atoms with Gasteiger partial charge in [-0.2, -0.15) is 0 Å². The van der Waals surface area contributed by atoms with Crippen LogP contribution in [0, 0.1) is 0 Å². The third kappa shape index (κ3) is 2.56. The molecule has 7 nitrogen and oxygen atoms in total. The van der Waals surface area contributed by atoms with Gasteiger partial charge in [0.1, 0.15) is 11.8 Å². The van der Waals surface area contributed by atoms with E-state index in [1.54, 1.807) is 4.90 Å².